The lowest BCUT2D eigenvalue weighted by Crippen LogP contribution is -2.46. The molecule has 1 saturated heterocycles. The molecule has 2 aliphatic rings. The SMILES string of the molecule is CCN(C(=O)CNCC1CCCO1)C1CCCCC1.Cl. The molecule has 0 radical (unpaired) electrons. The summed E-state index contributed by atoms with van der Waals surface area (Å²) < 4.78 is 5.55. The van der Waals surface area contributed by atoms with Gasteiger partial charge in [0.05, 0.1) is 12.6 Å². The highest BCUT2D eigenvalue weighted by atomic mass is 35.5. The van der Waals surface area contributed by atoms with Crippen LogP contribution < -0.4 is 5.32 Å². The highest BCUT2D eigenvalue weighted by molar-refractivity contribution is 5.85. The molecule has 0 aromatic rings. The molecular formula is C15H29ClN2O2. The maximum absolute atomic E-state index is 12.3. The molecule has 1 atom stereocenters. The maximum Gasteiger partial charge on any atom is 0.236 e. The van der Waals surface area contributed by atoms with Crippen molar-refractivity contribution in [2.75, 3.05) is 26.2 Å². The minimum atomic E-state index is 0. The van der Waals surface area contributed by atoms with Crippen molar-refractivity contribution in [2.45, 2.75) is 64.0 Å². The second-order valence-electron chi connectivity index (χ2n) is 5.74. The van der Waals surface area contributed by atoms with Gasteiger partial charge in [0.15, 0.2) is 0 Å². The average molecular weight is 305 g/mol. The largest absolute Gasteiger partial charge is 0.377 e. The van der Waals surface area contributed by atoms with E-state index in [9.17, 15) is 4.79 Å². The fourth-order valence-electron chi connectivity index (χ4n) is 3.28. The molecule has 1 N–H and O–H groups in total. The monoisotopic (exact) mass is 304 g/mol. The van der Waals surface area contributed by atoms with E-state index in [4.69, 9.17) is 4.74 Å². The number of hydrogen-bond donors (Lipinski definition) is 1. The predicted molar refractivity (Wildman–Crippen MR) is 83.4 cm³/mol. The van der Waals surface area contributed by atoms with Gasteiger partial charge in [-0.1, -0.05) is 19.3 Å². The summed E-state index contributed by atoms with van der Waals surface area (Å²) in [5.74, 6) is 0.257. The summed E-state index contributed by atoms with van der Waals surface area (Å²) in [6.45, 7) is 5.08. The lowest BCUT2D eigenvalue weighted by Gasteiger charge is -2.33. The van der Waals surface area contributed by atoms with E-state index in [2.05, 4.69) is 17.1 Å². The number of rotatable bonds is 6. The number of hydrogen-bond acceptors (Lipinski definition) is 3. The van der Waals surface area contributed by atoms with Crippen LogP contribution in [0.1, 0.15) is 51.9 Å². The first-order valence-electron chi connectivity index (χ1n) is 7.93. The molecule has 1 aliphatic carbocycles. The molecule has 5 heteroatoms. The molecule has 0 aromatic heterocycles. The van der Waals surface area contributed by atoms with Gasteiger partial charge in [-0.3, -0.25) is 4.79 Å². The van der Waals surface area contributed by atoms with Crippen molar-refractivity contribution in [1.29, 1.82) is 0 Å². The highest BCUT2D eigenvalue weighted by Gasteiger charge is 2.24. The Labute approximate surface area is 129 Å². The predicted octanol–water partition coefficient (Wildman–Crippen LogP) is 2.36. The Morgan fingerprint density at radius 1 is 1.20 bits per heavy atom. The molecule has 2 rings (SSSR count). The zero-order valence-electron chi connectivity index (χ0n) is 12.6. The van der Waals surface area contributed by atoms with E-state index in [1.165, 1.54) is 32.1 Å². The van der Waals surface area contributed by atoms with Crippen molar-refractivity contribution in [3.63, 3.8) is 0 Å². The number of likely N-dealkylation sites (N-methyl/N-ethyl adjacent to an activating group) is 1. The maximum atomic E-state index is 12.3. The van der Waals surface area contributed by atoms with Gasteiger partial charge in [0.2, 0.25) is 5.91 Å². The van der Waals surface area contributed by atoms with E-state index in [0.29, 0.717) is 18.7 Å². The van der Waals surface area contributed by atoms with Gasteiger partial charge in [-0.2, -0.15) is 0 Å². The van der Waals surface area contributed by atoms with E-state index in [-0.39, 0.29) is 18.3 Å². The lowest BCUT2D eigenvalue weighted by atomic mass is 9.94. The summed E-state index contributed by atoms with van der Waals surface area (Å²) in [5, 5.41) is 3.26. The van der Waals surface area contributed by atoms with E-state index >= 15 is 0 Å². The first-order valence-corrected chi connectivity index (χ1v) is 7.93. The lowest BCUT2D eigenvalue weighted by molar-refractivity contribution is -0.133. The quantitative estimate of drug-likeness (QED) is 0.819. The third kappa shape index (κ3) is 5.23. The molecular weight excluding hydrogens is 276 g/mol. The van der Waals surface area contributed by atoms with Crippen LogP contribution in [0.2, 0.25) is 0 Å². The summed E-state index contributed by atoms with van der Waals surface area (Å²) in [4.78, 5) is 14.3. The normalized spacial score (nSPS) is 23.4. The summed E-state index contributed by atoms with van der Waals surface area (Å²) in [5.41, 5.74) is 0. The summed E-state index contributed by atoms with van der Waals surface area (Å²) >= 11 is 0. The Morgan fingerprint density at radius 2 is 1.95 bits per heavy atom. The second-order valence-corrected chi connectivity index (χ2v) is 5.74. The van der Waals surface area contributed by atoms with E-state index in [1.807, 2.05) is 0 Å². The molecule has 118 valence electrons. The van der Waals surface area contributed by atoms with Crippen LogP contribution in [0, 0.1) is 0 Å². The zero-order valence-corrected chi connectivity index (χ0v) is 13.4. The Kier molecular flexibility index (Phi) is 8.50. The van der Waals surface area contributed by atoms with E-state index < -0.39 is 0 Å². The molecule has 1 amide bonds. The van der Waals surface area contributed by atoms with Crippen LogP contribution in [-0.2, 0) is 9.53 Å². The number of ether oxygens (including phenoxy) is 1. The molecule has 1 aliphatic heterocycles. The number of carbonyl (C=O) groups is 1. The van der Waals surface area contributed by atoms with Crippen LogP contribution in [0.25, 0.3) is 0 Å². The van der Waals surface area contributed by atoms with Crippen LogP contribution in [0.4, 0.5) is 0 Å². The van der Waals surface area contributed by atoms with Gasteiger partial charge in [0.1, 0.15) is 0 Å². The van der Waals surface area contributed by atoms with Crippen molar-refractivity contribution < 1.29 is 9.53 Å². The van der Waals surface area contributed by atoms with Gasteiger partial charge in [0, 0.05) is 25.7 Å². The molecule has 20 heavy (non-hydrogen) atoms. The second kappa shape index (κ2) is 9.59. The van der Waals surface area contributed by atoms with E-state index in [0.717, 1.165) is 32.5 Å². The van der Waals surface area contributed by atoms with Gasteiger partial charge in [-0.05, 0) is 32.6 Å². The van der Waals surface area contributed by atoms with Crippen molar-refractivity contribution in [3.8, 4) is 0 Å². The van der Waals surface area contributed by atoms with Crippen LogP contribution in [-0.4, -0.2) is 49.2 Å². The molecule has 2 fully saturated rings. The first kappa shape index (κ1) is 17.7. The van der Waals surface area contributed by atoms with Gasteiger partial charge in [0.25, 0.3) is 0 Å². The standard InChI is InChI=1S/C15H28N2O2.ClH/c1-2-17(13-7-4-3-5-8-13)15(18)12-16-11-14-9-6-10-19-14;/h13-14,16H,2-12H2,1H3;1H. The molecule has 1 heterocycles. The molecule has 4 nitrogen and oxygen atoms in total. The Bertz CT molecular complexity index is 277. The number of nitrogens with zero attached hydrogens (tertiary/aromatic N) is 1. The van der Waals surface area contributed by atoms with Crippen LogP contribution in [0.3, 0.4) is 0 Å². The summed E-state index contributed by atoms with van der Waals surface area (Å²) in [6.07, 6.45) is 8.86. The smallest absolute Gasteiger partial charge is 0.236 e. The van der Waals surface area contributed by atoms with E-state index in [1.54, 1.807) is 0 Å². The van der Waals surface area contributed by atoms with Crippen LogP contribution >= 0.6 is 12.4 Å². The third-order valence-electron chi connectivity index (χ3n) is 4.35. The Hall–Kier alpha value is -0.320. The molecule has 1 saturated carbocycles. The minimum Gasteiger partial charge on any atom is -0.377 e. The molecule has 0 bridgehead atoms. The summed E-state index contributed by atoms with van der Waals surface area (Å²) in [7, 11) is 0. The zero-order chi connectivity index (χ0) is 13.5. The van der Waals surface area contributed by atoms with Crippen LogP contribution in [0.5, 0.6) is 0 Å². The molecule has 0 spiro atoms. The highest BCUT2D eigenvalue weighted by Crippen LogP contribution is 2.22. The van der Waals surface area contributed by atoms with Crippen molar-refractivity contribution in [3.05, 3.63) is 0 Å². The van der Waals surface area contributed by atoms with Gasteiger partial charge in [-0.25, -0.2) is 0 Å². The Morgan fingerprint density at radius 3 is 2.55 bits per heavy atom. The minimum absolute atomic E-state index is 0. The topological polar surface area (TPSA) is 41.6 Å². The number of halogens is 1. The summed E-state index contributed by atoms with van der Waals surface area (Å²) in [6, 6.07) is 0.482. The van der Waals surface area contributed by atoms with Crippen molar-refractivity contribution in [2.24, 2.45) is 0 Å². The molecule has 0 aromatic carbocycles. The van der Waals surface area contributed by atoms with Gasteiger partial charge in [-0.15, -0.1) is 12.4 Å². The van der Waals surface area contributed by atoms with Gasteiger partial charge < -0.3 is 15.0 Å². The number of nitrogens with one attached hydrogen (secondary N) is 1. The number of carbonyl (C=O) groups excluding carboxylic acids is 1. The first-order chi connectivity index (χ1) is 9.31. The average Bonchev–Trinajstić information content (AvgIpc) is 2.94. The van der Waals surface area contributed by atoms with Gasteiger partial charge >= 0.3 is 0 Å². The van der Waals surface area contributed by atoms with Crippen LogP contribution in [0.15, 0.2) is 0 Å². The van der Waals surface area contributed by atoms with Crippen molar-refractivity contribution in [1.82, 2.24) is 10.2 Å². The third-order valence-corrected chi connectivity index (χ3v) is 4.35. The molecule has 1 unspecified atom stereocenters. The fraction of sp³-hybridized carbons (Fsp3) is 0.933. The fourth-order valence-corrected chi connectivity index (χ4v) is 3.28. The van der Waals surface area contributed by atoms with Crippen molar-refractivity contribution >= 4 is 18.3 Å². The Balaban J connectivity index is 0.00000200. The number of amides is 1.